The molecule has 1 aromatic heterocycles. The Balaban J connectivity index is 2.45. The molecule has 1 aromatic rings. The summed E-state index contributed by atoms with van der Waals surface area (Å²) in [6.45, 7) is 7.26. The van der Waals surface area contributed by atoms with Crippen molar-refractivity contribution >= 4 is 5.82 Å². The molecule has 1 saturated heterocycles. The van der Waals surface area contributed by atoms with Gasteiger partial charge in [0.05, 0.1) is 5.56 Å². The highest BCUT2D eigenvalue weighted by Gasteiger charge is 2.22. The lowest BCUT2D eigenvalue weighted by molar-refractivity contribution is 0.610. The van der Waals surface area contributed by atoms with E-state index in [1.807, 2.05) is 19.9 Å². The predicted octanol–water partition coefficient (Wildman–Crippen LogP) is 3.34. The highest BCUT2D eigenvalue weighted by atomic mass is 15.2. The zero-order valence-corrected chi connectivity index (χ0v) is 11.5. The number of hydrogen-bond donors (Lipinski definition) is 0. The second-order valence-electron chi connectivity index (χ2n) is 5.28. The minimum Gasteiger partial charge on any atom is -0.353 e. The number of rotatable bonds is 1. The minimum absolute atomic E-state index is 0.480. The third-order valence-corrected chi connectivity index (χ3v) is 3.76. The molecule has 1 aliphatic heterocycles. The van der Waals surface area contributed by atoms with Gasteiger partial charge >= 0.3 is 0 Å². The van der Waals surface area contributed by atoms with Crippen LogP contribution in [0.1, 0.15) is 49.4 Å². The molecule has 96 valence electrons. The number of aromatic nitrogens is 1. The van der Waals surface area contributed by atoms with Crippen LogP contribution in [0, 0.1) is 25.2 Å². The van der Waals surface area contributed by atoms with E-state index in [1.54, 1.807) is 0 Å². The molecular formula is C15H21N3. The van der Waals surface area contributed by atoms with Gasteiger partial charge in [0, 0.05) is 18.3 Å². The SMILES string of the molecule is Cc1cc(C)c(C#N)c(N2CCCCCC2C)n1. The number of nitrogens with zero attached hydrogens (tertiary/aromatic N) is 3. The lowest BCUT2D eigenvalue weighted by atomic mass is 10.1. The maximum Gasteiger partial charge on any atom is 0.147 e. The fraction of sp³-hybridized carbons (Fsp3) is 0.600. The lowest BCUT2D eigenvalue weighted by Gasteiger charge is -2.29. The Hall–Kier alpha value is -1.56. The molecule has 1 atom stereocenters. The van der Waals surface area contributed by atoms with Crippen LogP contribution in [-0.4, -0.2) is 17.6 Å². The van der Waals surface area contributed by atoms with E-state index in [0.29, 0.717) is 6.04 Å². The molecule has 0 saturated carbocycles. The molecule has 0 aliphatic carbocycles. The van der Waals surface area contributed by atoms with Gasteiger partial charge in [0.25, 0.3) is 0 Å². The van der Waals surface area contributed by atoms with Gasteiger partial charge in [-0.1, -0.05) is 12.8 Å². The fourth-order valence-electron chi connectivity index (χ4n) is 2.75. The Labute approximate surface area is 109 Å². The molecule has 3 heteroatoms. The molecule has 0 N–H and O–H groups in total. The van der Waals surface area contributed by atoms with Gasteiger partial charge in [-0.3, -0.25) is 0 Å². The summed E-state index contributed by atoms with van der Waals surface area (Å²) in [6.07, 6.45) is 4.96. The third kappa shape index (κ3) is 2.48. The average molecular weight is 243 g/mol. The van der Waals surface area contributed by atoms with Crippen LogP contribution in [0.2, 0.25) is 0 Å². The van der Waals surface area contributed by atoms with E-state index in [2.05, 4.69) is 22.9 Å². The first kappa shape index (κ1) is 12.9. The summed E-state index contributed by atoms with van der Waals surface area (Å²) in [4.78, 5) is 6.95. The largest absolute Gasteiger partial charge is 0.353 e. The first-order valence-corrected chi connectivity index (χ1v) is 6.78. The van der Waals surface area contributed by atoms with E-state index in [1.165, 1.54) is 25.7 Å². The van der Waals surface area contributed by atoms with Crippen LogP contribution in [0.4, 0.5) is 5.82 Å². The number of anilines is 1. The van der Waals surface area contributed by atoms with Crippen LogP contribution in [-0.2, 0) is 0 Å². The number of aryl methyl sites for hydroxylation is 2. The van der Waals surface area contributed by atoms with Crippen molar-refractivity contribution in [3.63, 3.8) is 0 Å². The Morgan fingerprint density at radius 3 is 2.83 bits per heavy atom. The zero-order chi connectivity index (χ0) is 13.1. The smallest absolute Gasteiger partial charge is 0.147 e. The standard InChI is InChI=1S/C15H21N3/c1-11-9-12(2)17-15(14(11)10-16)18-8-6-4-5-7-13(18)3/h9,13H,4-8H2,1-3H3. The second-order valence-corrected chi connectivity index (χ2v) is 5.28. The molecule has 3 nitrogen and oxygen atoms in total. The third-order valence-electron chi connectivity index (χ3n) is 3.76. The molecule has 2 rings (SSSR count). The normalized spacial score (nSPS) is 20.3. The zero-order valence-electron chi connectivity index (χ0n) is 11.5. The van der Waals surface area contributed by atoms with Crippen molar-refractivity contribution in [1.82, 2.24) is 4.98 Å². The maximum atomic E-state index is 9.36. The van der Waals surface area contributed by atoms with E-state index in [-0.39, 0.29) is 0 Å². The van der Waals surface area contributed by atoms with Crippen LogP contribution in [0.25, 0.3) is 0 Å². The van der Waals surface area contributed by atoms with Crippen molar-refractivity contribution in [2.45, 2.75) is 52.5 Å². The highest BCUT2D eigenvalue weighted by molar-refractivity contribution is 5.58. The average Bonchev–Trinajstić information content (AvgIpc) is 2.53. The van der Waals surface area contributed by atoms with Crippen LogP contribution < -0.4 is 4.90 Å². The fourth-order valence-corrected chi connectivity index (χ4v) is 2.75. The Morgan fingerprint density at radius 1 is 1.33 bits per heavy atom. The minimum atomic E-state index is 0.480. The van der Waals surface area contributed by atoms with Crippen molar-refractivity contribution in [2.75, 3.05) is 11.4 Å². The van der Waals surface area contributed by atoms with Crippen LogP contribution in [0.3, 0.4) is 0 Å². The summed E-state index contributed by atoms with van der Waals surface area (Å²) >= 11 is 0. The van der Waals surface area contributed by atoms with E-state index in [0.717, 1.165) is 29.2 Å². The molecule has 1 aliphatic rings. The maximum absolute atomic E-state index is 9.36. The van der Waals surface area contributed by atoms with Crippen molar-refractivity contribution in [2.24, 2.45) is 0 Å². The molecule has 0 amide bonds. The van der Waals surface area contributed by atoms with Crippen LogP contribution in [0.5, 0.6) is 0 Å². The second kappa shape index (κ2) is 5.39. The van der Waals surface area contributed by atoms with E-state index < -0.39 is 0 Å². The molecule has 2 heterocycles. The topological polar surface area (TPSA) is 39.9 Å². The first-order chi connectivity index (χ1) is 8.63. The monoisotopic (exact) mass is 243 g/mol. The summed E-state index contributed by atoms with van der Waals surface area (Å²) in [5.74, 6) is 0.893. The van der Waals surface area contributed by atoms with E-state index >= 15 is 0 Å². The molecule has 0 bridgehead atoms. The summed E-state index contributed by atoms with van der Waals surface area (Å²) in [6, 6.07) is 4.80. The molecule has 18 heavy (non-hydrogen) atoms. The Bertz CT molecular complexity index is 473. The predicted molar refractivity (Wildman–Crippen MR) is 73.7 cm³/mol. The number of pyridine rings is 1. The highest BCUT2D eigenvalue weighted by Crippen LogP contribution is 2.27. The van der Waals surface area contributed by atoms with Crippen molar-refractivity contribution < 1.29 is 0 Å². The van der Waals surface area contributed by atoms with Gasteiger partial charge < -0.3 is 4.90 Å². The molecule has 0 spiro atoms. The van der Waals surface area contributed by atoms with Crippen molar-refractivity contribution in [1.29, 1.82) is 5.26 Å². The lowest BCUT2D eigenvalue weighted by Crippen LogP contribution is -2.34. The summed E-state index contributed by atoms with van der Waals surface area (Å²) in [5.41, 5.74) is 2.78. The van der Waals surface area contributed by atoms with E-state index in [4.69, 9.17) is 0 Å². The van der Waals surface area contributed by atoms with Gasteiger partial charge in [-0.05, 0) is 45.2 Å². The van der Waals surface area contributed by atoms with Gasteiger partial charge in [-0.25, -0.2) is 4.98 Å². The van der Waals surface area contributed by atoms with Crippen LogP contribution >= 0.6 is 0 Å². The molecule has 0 aromatic carbocycles. The summed E-state index contributed by atoms with van der Waals surface area (Å²) in [5, 5.41) is 9.36. The van der Waals surface area contributed by atoms with Gasteiger partial charge in [-0.2, -0.15) is 5.26 Å². The molecule has 1 unspecified atom stereocenters. The van der Waals surface area contributed by atoms with Crippen LogP contribution in [0.15, 0.2) is 6.07 Å². The molecule has 1 fully saturated rings. The van der Waals surface area contributed by atoms with Gasteiger partial charge in [-0.15, -0.1) is 0 Å². The number of hydrogen-bond acceptors (Lipinski definition) is 3. The number of nitriles is 1. The van der Waals surface area contributed by atoms with Crippen molar-refractivity contribution in [3.8, 4) is 6.07 Å². The Kier molecular flexibility index (Phi) is 3.86. The van der Waals surface area contributed by atoms with Gasteiger partial charge in [0.2, 0.25) is 0 Å². The molecule has 0 radical (unpaired) electrons. The van der Waals surface area contributed by atoms with Gasteiger partial charge in [0.15, 0.2) is 0 Å². The van der Waals surface area contributed by atoms with E-state index in [9.17, 15) is 5.26 Å². The quantitative estimate of drug-likeness (QED) is 0.759. The summed E-state index contributed by atoms with van der Waals surface area (Å²) < 4.78 is 0. The van der Waals surface area contributed by atoms with Gasteiger partial charge in [0.1, 0.15) is 11.9 Å². The Morgan fingerprint density at radius 2 is 2.11 bits per heavy atom. The van der Waals surface area contributed by atoms with Crippen molar-refractivity contribution in [3.05, 3.63) is 22.9 Å². The first-order valence-electron chi connectivity index (χ1n) is 6.78. The summed E-state index contributed by atoms with van der Waals surface area (Å²) in [7, 11) is 0. The molecular weight excluding hydrogens is 222 g/mol.